The highest BCUT2D eigenvalue weighted by atomic mass is 16.7. The number of carbonyl (C=O) groups excluding carboxylic acids is 1. The summed E-state index contributed by atoms with van der Waals surface area (Å²) in [5, 5.41) is 0. The van der Waals surface area contributed by atoms with E-state index < -0.39 is 5.97 Å². The second kappa shape index (κ2) is 7.14. The summed E-state index contributed by atoms with van der Waals surface area (Å²) in [4.78, 5) is 11.2. The maximum Gasteiger partial charge on any atom is 0.335 e. The number of rotatable bonds is 6. The predicted molar refractivity (Wildman–Crippen MR) is 79.4 cm³/mol. The number of carbonyl (C=O) groups is 1. The molecule has 0 saturated carbocycles. The summed E-state index contributed by atoms with van der Waals surface area (Å²) >= 11 is 0. The minimum Gasteiger partial charge on any atom is -0.457 e. The van der Waals surface area contributed by atoms with Crippen LogP contribution in [0.25, 0.3) is 0 Å². The van der Waals surface area contributed by atoms with Crippen LogP contribution >= 0.6 is 0 Å². The van der Waals surface area contributed by atoms with Crippen LogP contribution in [-0.4, -0.2) is 12.8 Å². The van der Waals surface area contributed by atoms with Gasteiger partial charge in [0.25, 0.3) is 0 Å². The maximum absolute atomic E-state index is 11.2. The van der Waals surface area contributed by atoms with Crippen LogP contribution in [0.2, 0.25) is 0 Å². The molecule has 0 aliphatic heterocycles. The van der Waals surface area contributed by atoms with Crippen molar-refractivity contribution in [2.24, 2.45) is 0 Å². The topological polar surface area (TPSA) is 44.8 Å². The average molecular weight is 284 g/mol. The molecule has 0 saturated heterocycles. The van der Waals surface area contributed by atoms with Gasteiger partial charge >= 0.3 is 5.97 Å². The van der Waals surface area contributed by atoms with Gasteiger partial charge in [0.1, 0.15) is 17.2 Å². The molecular formula is C17H16O4. The standard InChI is InChI=1S/C17H16O4/c1-13(2)17(18)20-12-19-14-8-10-16(11-9-14)21-15-6-4-3-5-7-15/h3-11H,1,12H2,2H3. The Morgan fingerprint density at radius 2 is 1.52 bits per heavy atom. The lowest BCUT2D eigenvalue weighted by Gasteiger charge is -2.09. The van der Waals surface area contributed by atoms with E-state index in [9.17, 15) is 4.79 Å². The third-order valence-corrected chi connectivity index (χ3v) is 2.57. The summed E-state index contributed by atoms with van der Waals surface area (Å²) in [6.07, 6.45) is 0. The lowest BCUT2D eigenvalue weighted by Crippen LogP contribution is -2.10. The van der Waals surface area contributed by atoms with Crippen LogP contribution in [0.4, 0.5) is 0 Å². The second-order valence-electron chi connectivity index (χ2n) is 4.36. The molecule has 2 aromatic rings. The fourth-order valence-corrected chi connectivity index (χ4v) is 1.50. The summed E-state index contributed by atoms with van der Waals surface area (Å²) in [5.41, 5.74) is 0.338. The molecule has 0 radical (unpaired) electrons. The smallest absolute Gasteiger partial charge is 0.335 e. The van der Waals surface area contributed by atoms with E-state index in [-0.39, 0.29) is 6.79 Å². The van der Waals surface area contributed by atoms with Gasteiger partial charge in [0.05, 0.1) is 0 Å². The first-order valence-corrected chi connectivity index (χ1v) is 6.43. The third kappa shape index (κ3) is 4.69. The summed E-state index contributed by atoms with van der Waals surface area (Å²) in [5.74, 6) is 1.58. The molecule has 0 aromatic heterocycles. The van der Waals surface area contributed by atoms with Gasteiger partial charge < -0.3 is 14.2 Å². The SMILES string of the molecule is C=C(C)C(=O)OCOc1ccc(Oc2ccccc2)cc1. The number of esters is 1. The zero-order valence-corrected chi connectivity index (χ0v) is 11.7. The van der Waals surface area contributed by atoms with Crippen LogP contribution in [0.1, 0.15) is 6.92 Å². The Balaban J connectivity index is 1.85. The van der Waals surface area contributed by atoms with E-state index in [0.29, 0.717) is 17.1 Å². The van der Waals surface area contributed by atoms with Gasteiger partial charge in [-0.25, -0.2) is 4.79 Å². The molecule has 0 amide bonds. The number of para-hydroxylation sites is 1. The van der Waals surface area contributed by atoms with Crippen LogP contribution in [0, 0.1) is 0 Å². The number of hydrogen-bond donors (Lipinski definition) is 0. The number of benzene rings is 2. The fraction of sp³-hybridized carbons (Fsp3) is 0.118. The highest BCUT2D eigenvalue weighted by molar-refractivity contribution is 5.86. The molecule has 2 rings (SSSR count). The molecule has 0 atom stereocenters. The molecule has 21 heavy (non-hydrogen) atoms. The molecule has 4 nitrogen and oxygen atoms in total. The molecule has 0 fully saturated rings. The van der Waals surface area contributed by atoms with Crippen LogP contribution < -0.4 is 9.47 Å². The van der Waals surface area contributed by atoms with Crippen molar-refractivity contribution in [2.75, 3.05) is 6.79 Å². The first-order chi connectivity index (χ1) is 10.1. The van der Waals surface area contributed by atoms with Gasteiger partial charge in [0.15, 0.2) is 0 Å². The zero-order chi connectivity index (χ0) is 15.1. The Labute approximate surface area is 123 Å². The van der Waals surface area contributed by atoms with E-state index >= 15 is 0 Å². The Kier molecular flexibility index (Phi) is 4.99. The Bertz CT molecular complexity index is 602. The van der Waals surface area contributed by atoms with E-state index in [0.717, 1.165) is 5.75 Å². The van der Waals surface area contributed by atoms with Crippen molar-refractivity contribution in [1.82, 2.24) is 0 Å². The van der Waals surface area contributed by atoms with Crippen LogP contribution in [-0.2, 0) is 9.53 Å². The minimum absolute atomic E-state index is 0.148. The number of ether oxygens (including phenoxy) is 3. The molecule has 4 heteroatoms. The van der Waals surface area contributed by atoms with Crippen molar-refractivity contribution >= 4 is 5.97 Å². The van der Waals surface area contributed by atoms with E-state index in [1.807, 2.05) is 30.3 Å². The Morgan fingerprint density at radius 3 is 2.14 bits per heavy atom. The quantitative estimate of drug-likeness (QED) is 0.458. The van der Waals surface area contributed by atoms with Gasteiger partial charge in [-0.15, -0.1) is 0 Å². The van der Waals surface area contributed by atoms with Crippen molar-refractivity contribution in [2.45, 2.75) is 6.92 Å². The third-order valence-electron chi connectivity index (χ3n) is 2.57. The molecule has 0 heterocycles. The molecular weight excluding hydrogens is 268 g/mol. The minimum atomic E-state index is -0.473. The molecule has 2 aromatic carbocycles. The van der Waals surface area contributed by atoms with Gasteiger partial charge in [-0.1, -0.05) is 24.8 Å². The van der Waals surface area contributed by atoms with Gasteiger partial charge in [-0.05, 0) is 43.3 Å². The Hall–Kier alpha value is -2.75. The van der Waals surface area contributed by atoms with Gasteiger partial charge in [-0.2, -0.15) is 0 Å². The van der Waals surface area contributed by atoms with Gasteiger partial charge in [0.2, 0.25) is 6.79 Å². The van der Waals surface area contributed by atoms with Crippen LogP contribution in [0.3, 0.4) is 0 Å². The monoisotopic (exact) mass is 284 g/mol. The van der Waals surface area contributed by atoms with Crippen molar-refractivity contribution in [3.8, 4) is 17.2 Å². The van der Waals surface area contributed by atoms with Crippen molar-refractivity contribution in [1.29, 1.82) is 0 Å². The summed E-state index contributed by atoms with van der Waals surface area (Å²) in [7, 11) is 0. The first kappa shape index (κ1) is 14.7. The lowest BCUT2D eigenvalue weighted by molar-refractivity contribution is -0.145. The second-order valence-corrected chi connectivity index (χ2v) is 4.36. The maximum atomic E-state index is 11.2. The zero-order valence-electron chi connectivity index (χ0n) is 11.7. The summed E-state index contributed by atoms with van der Waals surface area (Å²) < 4.78 is 15.8. The van der Waals surface area contributed by atoms with Crippen molar-refractivity contribution in [3.63, 3.8) is 0 Å². The largest absolute Gasteiger partial charge is 0.457 e. The van der Waals surface area contributed by atoms with E-state index in [1.165, 1.54) is 0 Å². The van der Waals surface area contributed by atoms with Crippen LogP contribution in [0.15, 0.2) is 66.7 Å². The van der Waals surface area contributed by atoms with Gasteiger partial charge in [-0.3, -0.25) is 0 Å². The summed E-state index contributed by atoms with van der Waals surface area (Å²) in [6.45, 7) is 4.92. The molecule has 0 aliphatic carbocycles. The summed E-state index contributed by atoms with van der Waals surface area (Å²) in [6, 6.07) is 16.5. The lowest BCUT2D eigenvalue weighted by atomic mass is 10.3. The van der Waals surface area contributed by atoms with E-state index in [2.05, 4.69) is 6.58 Å². The molecule has 108 valence electrons. The highest BCUT2D eigenvalue weighted by Crippen LogP contribution is 2.23. The van der Waals surface area contributed by atoms with Crippen molar-refractivity contribution < 1.29 is 19.0 Å². The van der Waals surface area contributed by atoms with Gasteiger partial charge in [0, 0.05) is 5.57 Å². The molecule has 0 aliphatic rings. The molecule has 0 spiro atoms. The molecule has 0 bridgehead atoms. The fourth-order valence-electron chi connectivity index (χ4n) is 1.50. The molecule has 0 N–H and O–H groups in total. The van der Waals surface area contributed by atoms with E-state index in [4.69, 9.17) is 14.2 Å². The number of hydrogen-bond acceptors (Lipinski definition) is 4. The highest BCUT2D eigenvalue weighted by Gasteiger charge is 2.03. The molecule has 0 unspecified atom stereocenters. The Morgan fingerprint density at radius 1 is 0.952 bits per heavy atom. The van der Waals surface area contributed by atoms with Crippen LogP contribution in [0.5, 0.6) is 17.2 Å². The van der Waals surface area contributed by atoms with Crippen molar-refractivity contribution in [3.05, 3.63) is 66.7 Å². The van der Waals surface area contributed by atoms with E-state index in [1.54, 1.807) is 31.2 Å². The average Bonchev–Trinajstić information content (AvgIpc) is 2.50. The predicted octanol–water partition coefficient (Wildman–Crippen LogP) is 3.93. The normalized spacial score (nSPS) is 9.76. The first-order valence-electron chi connectivity index (χ1n) is 6.43.